The molecule has 2 aromatic heterocycles. The average molecular weight is 533 g/mol. The third-order valence-corrected chi connectivity index (χ3v) is 5.00. The highest BCUT2D eigenvalue weighted by Crippen LogP contribution is 2.38. The minimum Gasteiger partial charge on any atom is -0.339 e. The molecule has 38 heavy (non-hydrogen) atoms. The number of hydrogen-bond donors (Lipinski definition) is 3. The summed E-state index contributed by atoms with van der Waals surface area (Å²) in [4.78, 5) is 19.9. The van der Waals surface area contributed by atoms with Crippen LogP contribution in [0.4, 0.5) is 55.2 Å². The standard InChI is InChI=1S/C24H17F6N7O/c1-3-20(38)33-14-6-13(25)7-15(8-14)34-22-17(10-31-23(36-22)35-16-9-32-37(2)11-16)12-4-18(26)21(19(27)5-12)24(28,29)30/h3-11H,1H2,2H3,(H,33,38)(H2,31,34,35,36). The molecule has 0 aliphatic carbocycles. The minimum absolute atomic E-state index is 0.0197. The maximum Gasteiger partial charge on any atom is 0.422 e. The Hall–Kier alpha value is -4.88. The first-order valence-electron chi connectivity index (χ1n) is 10.6. The van der Waals surface area contributed by atoms with E-state index in [2.05, 4.69) is 37.6 Å². The van der Waals surface area contributed by atoms with Crippen LogP contribution in [0.25, 0.3) is 11.1 Å². The number of aromatic nitrogens is 4. The zero-order valence-corrected chi connectivity index (χ0v) is 19.4. The van der Waals surface area contributed by atoms with Gasteiger partial charge in [-0.2, -0.15) is 23.3 Å². The van der Waals surface area contributed by atoms with E-state index in [9.17, 15) is 31.1 Å². The Morgan fingerprint density at radius 2 is 1.66 bits per heavy atom. The van der Waals surface area contributed by atoms with Gasteiger partial charge in [-0.1, -0.05) is 6.58 Å². The monoisotopic (exact) mass is 533 g/mol. The third-order valence-electron chi connectivity index (χ3n) is 5.00. The molecule has 3 N–H and O–H groups in total. The molecule has 0 atom stereocenters. The molecule has 0 radical (unpaired) electrons. The van der Waals surface area contributed by atoms with Gasteiger partial charge in [-0.3, -0.25) is 9.48 Å². The van der Waals surface area contributed by atoms with Gasteiger partial charge in [0.1, 0.15) is 28.8 Å². The van der Waals surface area contributed by atoms with Crippen LogP contribution in [0.1, 0.15) is 5.56 Å². The number of hydrogen-bond acceptors (Lipinski definition) is 6. The molecule has 4 aromatic rings. The SMILES string of the molecule is C=CC(=O)Nc1cc(F)cc(Nc2nc(Nc3cnn(C)c3)ncc2-c2cc(F)c(C(F)(F)F)c(F)c2)c1. The van der Waals surface area contributed by atoms with Crippen molar-refractivity contribution in [2.24, 2.45) is 7.05 Å². The van der Waals surface area contributed by atoms with E-state index < -0.39 is 35.1 Å². The van der Waals surface area contributed by atoms with E-state index in [1.54, 1.807) is 13.2 Å². The molecule has 0 spiro atoms. The van der Waals surface area contributed by atoms with Crippen molar-refractivity contribution in [2.45, 2.75) is 6.18 Å². The first kappa shape index (κ1) is 26.2. The molecular formula is C24H17F6N7O. The fourth-order valence-electron chi connectivity index (χ4n) is 3.43. The van der Waals surface area contributed by atoms with Crippen molar-refractivity contribution in [1.29, 1.82) is 0 Å². The predicted octanol–water partition coefficient (Wildman–Crippen LogP) is 5.92. The predicted molar refractivity (Wildman–Crippen MR) is 127 cm³/mol. The lowest BCUT2D eigenvalue weighted by molar-refractivity contribution is -0.142. The first-order valence-corrected chi connectivity index (χ1v) is 10.6. The molecule has 8 nitrogen and oxygen atoms in total. The van der Waals surface area contributed by atoms with Crippen LogP contribution >= 0.6 is 0 Å². The molecule has 1 amide bonds. The van der Waals surface area contributed by atoms with E-state index in [1.807, 2.05) is 0 Å². The normalized spacial score (nSPS) is 11.2. The fourth-order valence-corrected chi connectivity index (χ4v) is 3.43. The van der Waals surface area contributed by atoms with Crippen LogP contribution in [-0.2, 0) is 18.0 Å². The maximum absolute atomic E-state index is 14.3. The van der Waals surface area contributed by atoms with Gasteiger partial charge in [0, 0.05) is 36.4 Å². The lowest BCUT2D eigenvalue weighted by Gasteiger charge is -2.15. The van der Waals surface area contributed by atoms with Crippen molar-refractivity contribution in [3.8, 4) is 11.1 Å². The molecule has 0 aliphatic rings. The molecule has 0 saturated carbocycles. The molecule has 0 bridgehead atoms. The number of alkyl halides is 3. The van der Waals surface area contributed by atoms with Crippen molar-refractivity contribution in [1.82, 2.24) is 19.7 Å². The molecule has 2 heterocycles. The summed E-state index contributed by atoms with van der Waals surface area (Å²) >= 11 is 0. The van der Waals surface area contributed by atoms with Gasteiger partial charge in [0.25, 0.3) is 0 Å². The van der Waals surface area contributed by atoms with Crippen molar-refractivity contribution in [3.05, 3.63) is 84.6 Å². The van der Waals surface area contributed by atoms with Crippen molar-refractivity contribution in [3.63, 3.8) is 0 Å². The number of carbonyl (C=O) groups is 1. The molecule has 4 rings (SSSR count). The van der Waals surface area contributed by atoms with Crippen LogP contribution < -0.4 is 16.0 Å². The lowest BCUT2D eigenvalue weighted by Crippen LogP contribution is -2.12. The Bertz CT molecular complexity index is 1510. The topological polar surface area (TPSA) is 96.8 Å². The summed E-state index contributed by atoms with van der Waals surface area (Å²) in [7, 11) is 1.67. The summed E-state index contributed by atoms with van der Waals surface area (Å²) < 4.78 is 83.6. The summed E-state index contributed by atoms with van der Waals surface area (Å²) in [6.07, 6.45) is -0.0896. The fraction of sp³-hybridized carbons (Fsp3) is 0.0833. The number of nitrogens with one attached hydrogen (secondary N) is 3. The van der Waals surface area contributed by atoms with Crippen LogP contribution in [0.3, 0.4) is 0 Å². The second-order valence-electron chi connectivity index (χ2n) is 7.84. The van der Waals surface area contributed by atoms with Crippen LogP contribution in [0.15, 0.2) is 61.6 Å². The van der Waals surface area contributed by atoms with Crippen molar-refractivity contribution in [2.75, 3.05) is 16.0 Å². The smallest absolute Gasteiger partial charge is 0.339 e. The number of carbonyl (C=O) groups excluding carboxylic acids is 1. The summed E-state index contributed by atoms with van der Waals surface area (Å²) in [5.74, 6) is -5.20. The summed E-state index contributed by atoms with van der Waals surface area (Å²) in [5, 5.41) is 12.0. The zero-order chi connectivity index (χ0) is 27.6. The van der Waals surface area contributed by atoms with Crippen LogP contribution in [-0.4, -0.2) is 25.7 Å². The first-order chi connectivity index (χ1) is 17.9. The maximum atomic E-state index is 14.3. The lowest BCUT2D eigenvalue weighted by atomic mass is 10.0. The Balaban J connectivity index is 1.80. The Morgan fingerprint density at radius 1 is 0.974 bits per heavy atom. The summed E-state index contributed by atoms with van der Waals surface area (Å²) in [6.45, 7) is 3.31. The highest BCUT2D eigenvalue weighted by Gasteiger charge is 2.38. The minimum atomic E-state index is -5.25. The third kappa shape index (κ3) is 5.91. The molecule has 0 unspecified atom stereocenters. The number of amides is 1. The summed E-state index contributed by atoms with van der Waals surface area (Å²) in [5.41, 5.74) is -1.88. The molecule has 2 aromatic carbocycles. The Labute approximate surface area is 211 Å². The summed E-state index contributed by atoms with van der Waals surface area (Å²) in [6, 6.07) is 4.39. The van der Waals surface area contributed by atoms with E-state index in [0.717, 1.165) is 24.4 Å². The van der Waals surface area contributed by atoms with Gasteiger partial charge in [-0.25, -0.2) is 18.2 Å². The van der Waals surface area contributed by atoms with Crippen LogP contribution in [0.5, 0.6) is 0 Å². The van der Waals surface area contributed by atoms with E-state index in [4.69, 9.17) is 0 Å². The number of halogens is 6. The number of nitrogens with zero attached hydrogens (tertiary/aromatic N) is 4. The van der Waals surface area contributed by atoms with Crippen molar-refractivity contribution < 1.29 is 31.1 Å². The van der Waals surface area contributed by atoms with E-state index in [-0.39, 0.29) is 34.3 Å². The molecule has 0 aliphatic heterocycles. The second kappa shape index (κ2) is 10.2. The Kier molecular flexibility index (Phi) is 7.06. The highest BCUT2D eigenvalue weighted by atomic mass is 19.4. The van der Waals surface area contributed by atoms with Gasteiger partial charge < -0.3 is 16.0 Å². The molecule has 0 saturated heterocycles. The van der Waals surface area contributed by atoms with Gasteiger partial charge >= 0.3 is 6.18 Å². The zero-order valence-electron chi connectivity index (χ0n) is 19.4. The highest BCUT2D eigenvalue weighted by molar-refractivity contribution is 5.99. The van der Waals surface area contributed by atoms with Crippen molar-refractivity contribution >= 4 is 34.7 Å². The Morgan fingerprint density at radius 3 is 2.26 bits per heavy atom. The van der Waals surface area contributed by atoms with Gasteiger partial charge in [0.2, 0.25) is 11.9 Å². The molecule has 0 fully saturated rings. The van der Waals surface area contributed by atoms with E-state index in [1.165, 1.54) is 16.9 Å². The number of aryl methyl sites for hydroxylation is 1. The van der Waals surface area contributed by atoms with Crippen LogP contribution in [0.2, 0.25) is 0 Å². The van der Waals surface area contributed by atoms with E-state index in [0.29, 0.717) is 17.8 Å². The van der Waals surface area contributed by atoms with Gasteiger partial charge in [0.15, 0.2) is 0 Å². The molecule has 196 valence electrons. The number of rotatable bonds is 7. The quantitative estimate of drug-likeness (QED) is 0.202. The molecular weight excluding hydrogens is 516 g/mol. The van der Waals surface area contributed by atoms with Gasteiger partial charge in [-0.05, 0) is 42.0 Å². The average Bonchev–Trinajstić information content (AvgIpc) is 3.21. The van der Waals surface area contributed by atoms with Crippen LogP contribution in [0, 0.1) is 17.5 Å². The second-order valence-corrected chi connectivity index (χ2v) is 7.84. The van der Waals surface area contributed by atoms with E-state index >= 15 is 0 Å². The number of anilines is 5. The number of benzene rings is 2. The van der Waals surface area contributed by atoms with Gasteiger partial charge in [-0.15, -0.1) is 0 Å². The van der Waals surface area contributed by atoms with Gasteiger partial charge in [0.05, 0.1) is 11.9 Å². The molecule has 14 heteroatoms. The largest absolute Gasteiger partial charge is 0.422 e.